The first kappa shape index (κ1) is 25.9. The molecule has 7 aromatic carbocycles. The summed E-state index contributed by atoms with van der Waals surface area (Å²) in [6, 6.07) is 57.6. The van der Waals surface area contributed by atoms with Crippen molar-refractivity contribution < 1.29 is 4.42 Å². The summed E-state index contributed by atoms with van der Waals surface area (Å²) in [6.45, 7) is 2.17. The molecule has 0 unspecified atom stereocenters. The fourth-order valence-electron chi connectivity index (χ4n) is 6.33. The third kappa shape index (κ3) is 4.47. The first-order valence-corrected chi connectivity index (χ1v) is 14.9. The number of benzene rings is 7. The van der Waals surface area contributed by atoms with E-state index in [9.17, 15) is 0 Å². The van der Waals surface area contributed by atoms with Gasteiger partial charge < -0.3 is 14.2 Å². The molecule has 0 atom stereocenters. The maximum atomic E-state index is 6.59. The molecule has 0 N–H and O–H groups in total. The van der Waals surface area contributed by atoms with Gasteiger partial charge in [0, 0.05) is 50.7 Å². The quantitative estimate of drug-likeness (QED) is 0.200. The zero-order valence-electron chi connectivity index (χ0n) is 24.4. The van der Waals surface area contributed by atoms with Crippen molar-refractivity contribution in [3.8, 4) is 0 Å². The fourth-order valence-corrected chi connectivity index (χ4v) is 6.33. The summed E-state index contributed by atoms with van der Waals surface area (Å²) in [6.07, 6.45) is 0. The molecule has 0 fully saturated rings. The van der Waals surface area contributed by atoms with Crippen LogP contribution in [-0.2, 0) is 0 Å². The van der Waals surface area contributed by atoms with Crippen LogP contribution in [0.2, 0.25) is 0 Å². The predicted molar refractivity (Wildman–Crippen MR) is 185 cm³/mol. The maximum absolute atomic E-state index is 6.59. The van der Waals surface area contributed by atoms with Crippen LogP contribution < -0.4 is 9.80 Å². The summed E-state index contributed by atoms with van der Waals surface area (Å²) in [4.78, 5) is 4.61. The van der Waals surface area contributed by atoms with E-state index in [0.717, 1.165) is 56.1 Å². The molecule has 44 heavy (non-hydrogen) atoms. The molecule has 8 aromatic rings. The van der Waals surface area contributed by atoms with Crippen LogP contribution in [0, 0.1) is 6.92 Å². The molecular formula is C41H30N2O. The van der Waals surface area contributed by atoms with Gasteiger partial charge >= 0.3 is 0 Å². The van der Waals surface area contributed by atoms with Crippen molar-refractivity contribution >= 4 is 66.8 Å². The highest BCUT2D eigenvalue weighted by Crippen LogP contribution is 2.44. The van der Waals surface area contributed by atoms with Gasteiger partial charge in [0.2, 0.25) is 0 Å². The molecule has 0 radical (unpaired) electrons. The van der Waals surface area contributed by atoms with Gasteiger partial charge in [0.15, 0.2) is 0 Å². The van der Waals surface area contributed by atoms with Crippen molar-refractivity contribution in [2.75, 3.05) is 9.80 Å². The van der Waals surface area contributed by atoms with Gasteiger partial charge in [0.1, 0.15) is 11.2 Å². The molecule has 3 heteroatoms. The number of para-hydroxylation sites is 4. The SMILES string of the molecule is Cc1cc(N(c2ccccc2)c2ccccc2)c2ccc3oc4cc(N(c5ccccc5)c5ccccc5)ccc4c3c2c1. The summed E-state index contributed by atoms with van der Waals surface area (Å²) in [7, 11) is 0. The summed E-state index contributed by atoms with van der Waals surface area (Å²) in [5.74, 6) is 0. The van der Waals surface area contributed by atoms with Crippen LogP contribution in [0.1, 0.15) is 5.56 Å². The lowest BCUT2D eigenvalue weighted by atomic mass is 9.98. The largest absolute Gasteiger partial charge is 0.456 e. The van der Waals surface area contributed by atoms with E-state index in [4.69, 9.17) is 4.42 Å². The number of aryl methyl sites for hydroxylation is 1. The Balaban J connectivity index is 1.34. The Morgan fingerprint density at radius 1 is 0.386 bits per heavy atom. The molecule has 210 valence electrons. The summed E-state index contributed by atoms with van der Waals surface area (Å²) < 4.78 is 6.59. The average molecular weight is 567 g/mol. The van der Waals surface area contributed by atoms with Gasteiger partial charge in [-0.05, 0) is 96.7 Å². The Bertz CT molecular complexity index is 2150. The molecular weight excluding hydrogens is 536 g/mol. The Morgan fingerprint density at radius 3 is 1.43 bits per heavy atom. The van der Waals surface area contributed by atoms with Gasteiger partial charge in [-0.2, -0.15) is 0 Å². The molecule has 1 heterocycles. The van der Waals surface area contributed by atoms with Gasteiger partial charge in [-0.3, -0.25) is 0 Å². The van der Waals surface area contributed by atoms with Crippen molar-refractivity contribution in [1.29, 1.82) is 0 Å². The maximum Gasteiger partial charge on any atom is 0.137 e. The summed E-state index contributed by atoms with van der Waals surface area (Å²) in [5, 5.41) is 4.61. The minimum absolute atomic E-state index is 0.868. The second-order valence-corrected chi connectivity index (χ2v) is 11.1. The Morgan fingerprint density at radius 2 is 0.886 bits per heavy atom. The number of rotatable bonds is 6. The standard InChI is InChI=1S/C41H30N2O/c1-29-26-37-35(38(27-29)43(32-18-10-4-11-19-32)33-20-12-5-13-21-33)24-25-39-41(37)36-23-22-34(28-40(36)44-39)42(30-14-6-2-7-15-30)31-16-8-3-9-17-31/h2-28H,1H3. The van der Waals surface area contributed by atoms with Crippen LogP contribution in [0.25, 0.3) is 32.7 Å². The van der Waals surface area contributed by atoms with Gasteiger partial charge in [0.25, 0.3) is 0 Å². The minimum Gasteiger partial charge on any atom is -0.456 e. The Labute approximate surface area is 256 Å². The summed E-state index contributed by atoms with van der Waals surface area (Å²) in [5.41, 5.74) is 9.58. The van der Waals surface area contributed by atoms with Crippen molar-refractivity contribution in [2.45, 2.75) is 6.92 Å². The molecule has 0 aliphatic carbocycles. The number of furan rings is 1. The average Bonchev–Trinajstić information content (AvgIpc) is 3.45. The summed E-state index contributed by atoms with van der Waals surface area (Å²) >= 11 is 0. The zero-order chi connectivity index (χ0) is 29.5. The minimum atomic E-state index is 0.868. The molecule has 0 amide bonds. The van der Waals surface area contributed by atoms with Crippen molar-refractivity contribution in [1.82, 2.24) is 0 Å². The molecule has 0 aliphatic heterocycles. The number of nitrogens with zero attached hydrogens (tertiary/aromatic N) is 2. The first-order valence-electron chi connectivity index (χ1n) is 14.9. The molecule has 3 nitrogen and oxygen atoms in total. The molecule has 0 aliphatic rings. The van der Waals surface area contributed by atoms with Crippen molar-refractivity contribution in [3.63, 3.8) is 0 Å². The Hall–Kier alpha value is -5.80. The molecule has 0 spiro atoms. The highest BCUT2D eigenvalue weighted by Gasteiger charge is 2.20. The molecule has 0 saturated carbocycles. The molecule has 1 aromatic heterocycles. The topological polar surface area (TPSA) is 19.6 Å². The number of hydrogen-bond donors (Lipinski definition) is 0. The lowest BCUT2D eigenvalue weighted by molar-refractivity contribution is 0.669. The van der Waals surface area contributed by atoms with E-state index in [1.54, 1.807) is 0 Å². The third-order valence-electron chi connectivity index (χ3n) is 8.23. The molecule has 0 saturated heterocycles. The molecule has 8 rings (SSSR count). The normalized spacial score (nSPS) is 11.3. The number of fused-ring (bicyclic) bond motifs is 5. The molecule has 0 bridgehead atoms. The van der Waals surface area contributed by atoms with Gasteiger partial charge in [-0.1, -0.05) is 78.9 Å². The van der Waals surface area contributed by atoms with Crippen LogP contribution >= 0.6 is 0 Å². The second kappa shape index (κ2) is 10.8. The van der Waals surface area contributed by atoms with Gasteiger partial charge in [0.05, 0.1) is 5.69 Å². The van der Waals surface area contributed by atoms with Crippen LogP contribution in [0.15, 0.2) is 168 Å². The number of anilines is 6. The van der Waals surface area contributed by atoms with Gasteiger partial charge in [-0.25, -0.2) is 0 Å². The van der Waals surface area contributed by atoms with Gasteiger partial charge in [-0.15, -0.1) is 0 Å². The van der Waals surface area contributed by atoms with E-state index in [0.29, 0.717) is 0 Å². The number of hydrogen-bond acceptors (Lipinski definition) is 3. The van der Waals surface area contributed by atoms with Crippen molar-refractivity contribution in [3.05, 3.63) is 169 Å². The fraction of sp³-hybridized carbons (Fsp3) is 0.0244. The van der Waals surface area contributed by atoms with E-state index >= 15 is 0 Å². The Kier molecular flexibility index (Phi) is 6.35. The van der Waals surface area contributed by atoms with E-state index < -0.39 is 0 Å². The first-order chi connectivity index (χ1) is 21.7. The smallest absolute Gasteiger partial charge is 0.137 e. The van der Waals surface area contributed by atoms with E-state index in [-0.39, 0.29) is 0 Å². The van der Waals surface area contributed by atoms with Crippen LogP contribution in [0.4, 0.5) is 34.1 Å². The third-order valence-corrected chi connectivity index (χ3v) is 8.23. The van der Waals surface area contributed by atoms with Crippen molar-refractivity contribution in [2.24, 2.45) is 0 Å². The lowest BCUT2D eigenvalue weighted by Crippen LogP contribution is -2.10. The highest BCUT2D eigenvalue weighted by atomic mass is 16.3. The van der Waals surface area contributed by atoms with E-state index in [2.05, 4.69) is 168 Å². The second-order valence-electron chi connectivity index (χ2n) is 11.1. The van der Waals surface area contributed by atoms with Crippen LogP contribution in [0.5, 0.6) is 0 Å². The predicted octanol–water partition coefficient (Wildman–Crippen LogP) is 12.0. The van der Waals surface area contributed by atoms with Crippen LogP contribution in [-0.4, -0.2) is 0 Å². The van der Waals surface area contributed by atoms with E-state index in [1.165, 1.54) is 16.3 Å². The highest BCUT2D eigenvalue weighted by molar-refractivity contribution is 6.21. The lowest BCUT2D eigenvalue weighted by Gasteiger charge is -2.27. The zero-order valence-corrected chi connectivity index (χ0v) is 24.4. The van der Waals surface area contributed by atoms with E-state index in [1.807, 2.05) is 12.1 Å². The monoisotopic (exact) mass is 566 g/mol. The van der Waals surface area contributed by atoms with Crippen LogP contribution in [0.3, 0.4) is 0 Å².